The van der Waals surface area contributed by atoms with E-state index in [-0.39, 0.29) is 5.56 Å². The van der Waals surface area contributed by atoms with Gasteiger partial charge in [0.15, 0.2) is 0 Å². The summed E-state index contributed by atoms with van der Waals surface area (Å²) in [7, 11) is 0. The Hall–Kier alpha value is -1.95. The maximum atomic E-state index is 13.4. The van der Waals surface area contributed by atoms with Crippen molar-refractivity contribution >= 4 is 23.0 Å². The van der Waals surface area contributed by atoms with Crippen molar-refractivity contribution in [1.29, 1.82) is 0 Å². The molecule has 2 rings (SSSR count). The molecule has 1 heterocycles. The summed E-state index contributed by atoms with van der Waals surface area (Å²) >= 11 is 1.56. The third-order valence-corrected chi connectivity index (χ3v) is 3.19. The van der Waals surface area contributed by atoms with Crippen molar-refractivity contribution in [2.24, 2.45) is 0 Å². The quantitative estimate of drug-likeness (QED) is 0.873. The number of benzene rings is 1. The summed E-state index contributed by atoms with van der Waals surface area (Å²) in [5.74, 6) is -2.00. The lowest BCUT2D eigenvalue weighted by atomic mass is 10.2. The Labute approximate surface area is 107 Å². The minimum absolute atomic E-state index is 0.319. The number of carboxylic acid groups (broad SMARTS) is 1. The highest BCUT2D eigenvalue weighted by Crippen LogP contribution is 2.15. The van der Waals surface area contributed by atoms with Gasteiger partial charge in [-0.25, -0.2) is 14.2 Å². The number of hydrogen-bond acceptors (Lipinski definition) is 4. The number of halogens is 1. The Balaban J connectivity index is 1.94. The second-order valence-corrected chi connectivity index (χ2v) is 4.58. The molecule has 0 aliphatic heterocycles. The zero-order valence-corrected chi connectivity index (χ0v) is 10.2. The molecular weight excluding hydrogens is 255 g/mol. The van der Waals surface area contributed by atoms with Gasteiger partial charge in [-0.3, -0.25) is 0 Å². The van der Waals surface area contributed by atoms with Crippen molar-refractivity contribution in [3.05, 3.63) is 46.2 Å². The number of carboxylic acids is 1. The number of hydrogen-bond donors (Lipinski definition) is 2. The second-order valence-electron chi connectivity index (χ2n) is 3.60. The Morgan fingerprint density at radius 3 is 2.94 bits per heavy atom. The molecule has 2 N–H and O–H groups in total. The molecule has 0 spiro atoms. The molecule has 18 heavy (non-hydrogen) atoms. The SMILES string of the molecule is O=C(O)c1ccc(NCCc2nccs2)cc1F. The molecule has 1 aromatic carbocycles. The molecule has 0 bridgehead atoms. The fraction of sp³-hybridized carbons (Fsp3) is 0.167. The smallest absolute Gasteiger partial charge is 0.338 e. The van der Waals surface area contributed by atoms with Crippen molar-refractivity contribution in [1.82, 2.24) is 4.98 Å². The van der Waals surface area contributed by atoms with E-state index in [1.807, 2.05) is 5.38 Å². The summed E-state index contributed by atoms with van der Waals surface area (Å²) in [5.41, 5.74) is 0.245. The summed E-state index contributed by atoms with van der Waals surface area (Å²) < 4.78 is 13.4. The Morgan fingerprint density at radius 1 is 1.50 bits per heavy atom. The van der Waals surface area contributed by atoms with Crippen LogP contribution in [0.3, 0.4) is 0 Å². The predicted octanol–water partition coefficient (Wildman–Crippen LogP) is 2.64. The van der Waals surface area contributed by atoms with Crippen LogP contribution in [0.2, 0.25) is 0 Å². The minimum atomic E-state index is -1.26. The van der Waals surface area contributed by atoms with E-state index < -0.39 is 11.8 Å². The number of nitrogens with zero attached hydrogens (tertiary/aromatic N) is 1. The maximum absolute atomic E-state index is 13.4. The van der Waals surface area contributed by atoms with Gasteiger partial charge < -0.3 is 10.4 Å². The highest BCUT2D eigenvalue weighted by molar-refractivity contribution is 7.09. The van der Waals surface area contributed by atoms with Crippen molar-refractivity contribution in [2.45, 2.75) is 6.42 Å². The molecule has 0 aliphatic rings. The number of nitrogens with one attached hydrogen (secondary N) is 1. The normalized spacial score (nSPS) is 10.3. The van der Waals surface area contributed by atoms with Crippen LogP contribution in [0.5, 0.6) is 0 Å². The lowest BCUT2D eigenvalue weighted by molar-refractivity contribution is 0.0692. The molecule has 6 heteroatoms. The van der Waals surface area contributed by atoms with Crippen LogP contribution >= 0.6 is 11.3 Å². The molecule has 4 nitrogen and oxygen atoms in total. The predicted molar refractivity (Wildman–Crippen MR) is 67.7 cm³/mol. The highest BCUT2D eigenvalue weighted by atomic mass is 32.1. The summed E-state index contributed by atoms with van der Waals surface area (Å²) in [4.78, 5) is 14.8. The van der Waals surface area contributed by atoms with Gasteiger partial charge in [0.1, 0.15) is 5.82 Å². The van der Waals surface area contributed by atoms with Crippen LogP contribution in [0.25, 0.3) is 0 Å². The summed E-state index contributed by atoms with van der Waals surface area (Å²) in [6.07, 6.45) is 2.49. The van der Waals surface area contributed by atoms with Crippen molar-refractivity contribution < 1.29 is 14.3 Å². The number of rotatable bonds is 5. The first-order valence-electron chi connectivity index (χ1n) is 5.32. The van der Waals surface area contributed by atoms with Crippen molar-refractivity contribution in [3.8, 4) is 0 Å². The van der Waals surface area contributed by atoms with Crippen LogP contribution in [-0.4, -0.2) is 22.6 Å². The standard InChI is InChI=1S/C12H11FN2O2S/c13-10-7-8(1-2-9(10)12(16)17)14-4-3-11-15-5-6-18-11/h1-2,5-7,14H,3-4H2,(H,16,17). The van der Waals surface area contributed by atoms with Gasteiger partial charge in [-0.2, -0.15) is 0 Å². The van der Waals surface area contributed by atoms with Gasteiger partial charge >= 0.3 is 5.97 Å². The number of aromatic carboxylic acids is 1. The zero-order valence-electron chi connectivity index (χ0n) is 9.39. The largest absolute Gasteiger partial charge is 0.478 e. The van der Waals surface area contributed by atoms with E-state index in [1.165, 1.54) is 12.1 Å². The average Bonchev–Trinajstić information content (AvgIpc) is 2.81. The lowest BCUT2D eigenvalue weighted by Gasteiger charge is -2.06. The number of thiazole rings is 1. The Kier molecular flexibility index (Phi) is 3.88. The van der Waals surface area contributed by atoms with Gasteiger partial charge in [-0.05, 0) is 18.2 Å². The third-order valence-electron chi connectivity index (χ3n) is 2.35. The topological polar surface area (TPSA) is 62.2 Å². The van der Waals surface area contributed by atoms with E-state index in [0.29, 0.717) is 12.2 Å². The monoisotopic (exact) mass is 266 g/mol. The van der Waals surface area contributed by atoms with Crippen molar-refractivity contribution in [2.75, 3.05) is 11.9 Å². The second kappa shape index (κ2) is 5.59. The Morgan fingerprint density at radius 2 is 2.33 bits per heavy atom. The van der Waals surface area contributed by atoms with Gasteiger partial charge in [0.2, 0.25) is 0 Å². The fourth-order valence-electron chi connectivity index (χ4n) is 1.49. The maximum Gasteiger partial charge on any atom is 0.338 e. The molecular formula is C12H11FN2O2S. The molecule has 0 saturated carbocycles. The van der Waals surface area contributed by atoms with Gasteiger partial charge in [0.25, 0.3) is 0 Å². The summed E-state index contributed by atoms with van der Waals surface area (Å²) in [6, 6.07) is 3.99. The van der Waals surface area contributed by atoms with E-state index in [0.717, 1.165) is 11.4 Å². The van der Waals surface area contributed by atoms with Crippen LogP contribution in [0, 0.1) is 5.82 Å². The van der Waals surface area contributed by atoms with Crippen molar-refractivity contribution in [3.63, 3.8) is 0 Å². The first kappa shape index (κ1) is 12.5. The molecule has 0 aliphatic carbocycles. The first-order valence-corrected chi connectivity index (χ1v) is 6.20. The minimum Gasteiger partial charge on any atom is -0.478 e. The molecule has 1 aromatic heterocycles. The number of aromatic nitrogens is 1. The van der Waals surface area contributed by atoms with Crippen LogP contribution in [-0.2, 0) is 6.42 Å². The Bertz CT molecular complexity index is 543. The van der Waals surface area contributed by atoms with E-state index in [2.05, 4.69) is 10.3 Å². The van der Waals surface area contributed by atoms with Gasteiger partial charge in [-0.1, -0.05) is 0 Å². The summed E-state index contributed by atoms with van der Waals surface area (Å²) in [6.45, 7) is 0.624. The van der Waals surface area contributed by atoms with E-state index in [9.17, 15) is 9.18 Å². The highest BCUT2D eigenvalue weighted by Gasteiger charge is 2.09. The molecule has 0 saturated heterocycles. The van der Waals surface area contributed by atoms with E-state index >= 15 is 0 Å². The molecule has 94 valence electrons. The molecule has 0 fully saturated rings. The van der Waals surface area contributed by atoms with E-state index in [1.54, 1.807) is 23.6 Å². The van der Waals surface area contributed by atoms with Gasteiger partial charge in [-0.15, -0.1) is 11.3 Å². The molecule has 0 unspecified atom stereocenters. The molecule has 0 radical (unpaired) electrons. The van der Waals surface area contributed by atoms with Crippen LogP contribution < -0.4 is 5.32 Å². The average molecular weight is 266 g/mol. The van der Waals surface area contributed by atoms with Crippen LogP contribution in [0.4, 0.5) is 10.1 Å². The lowest BCUT2D eigenvalue weighted by Crippen LogP contribution is -2.06. The molecule has 2 aromatic rings. The first-order chi connectivity index (χ1) is 8.66. The molecule has 0 amide bonds. The molecule has 0 atom stereocenters. The zero-order chi connectivity index (χ0) is 13.0. The third kappa shape index (κ3) is 3.04. The van der Waals surface area contributed by atoms with Gasteiger partial charge in [0, 0.05) is 30.2 Å². The number of carbonyl (C=O) groups is 1. The summed E-state index contributed by atoms with van der Waals surface area (Å²) in [5, 5.41) is 14.6. The number of anilines is 1. The van der Waals surface area contributed by atoms with Crippen LogP contribution in [0.1, 0.15) is 15.4 Å². The van der Waals surface area contributed by atoms with E-state index in [4.69, 9.17) is 5.11 Å². The van der Waals surface area contributed by atoms with Gasteiger partial charge in [0.05, 0.1) is 10.6 Å². The fourth-order valence-corrected chi connectivity index (χ4v) is 2.11. The van der Waals surface area contributed by atoms with Crippen LogP contribution in [0.15, 0.2) is 29.8 Å².